The van der Waals surface area contributed by atoms with Crippen molar-refractivity contribution in [3.63, 3.8) is 0 Å². The summed E-state index contributed by atoms with van der Waals surface area (Å²) in [6.07, 6.45) is -0.512. The SMILES string of the molecule is COC(=O)c1ccc(C2Oc3cccc(OC)c3-c3ccc(CS(N)(=O)=O)cc32)cc1. The first-order valence-corrected chi connectivity index (χ1v) is 11.2. The minimum Gasteiger partial charge on any atom is -0.496 e. The van der Waals surface area contributed by atoms with Crippen LogP contribution in [0.3, 0.4) is 0 Å². The quantitative estimate of drug-likeness (QED) is 0.611. The van der Waals surface area contributed by atoms with Crippen molar-refractivity contribution in [2.75, 3.05) is 14.2 Å². The largest absolute Gasteiger partial charge is 0.496 e. The minimum absolute atomic E-state index is 0.285. The Morgan fingerprint density at radius 2 is 1.81 bits per heavy atom. The summed E-state index contributed by atoms with van der Waals surface area (Å²) < 4.78 is 39.9. The van der Waals surface area contributed by atoms with E-state index in [9.17, 15) is 13.2 Å². The van der Waals surface area contributed by atoms with Crippen LogP contribution in [0.15, 0.2) is 60.7 Å². The average molecular weight is 439 g/mol. The topological polar surface area (TPSA) is 105 Å². The first kappa shape index (κ1) is 20.9. The van der Waals surface area contributed by atoms with Gasteiger partial charge in [0.05, 0.1) is 31.1 Å². The van der Waals surface area contributed by atoms with Gasteiger partial charge in [0, 0.05) is 5.56 Å². The van der Waals surface area contributed by atoms with E-state index < -0.39 is 22.1 Å². The molecule has 3 aromatic rings. The van der Waals surface area contributed by atoms with Crippen molar-refractivity contribution < 1.29 is 27.4 Å². The van der Waals surface area contributed by atoms with Gasteiger partial charge in [-0.25, -0.2) is 18.4 Å². The molecule has 1 aliphatic rings. The summed E-state index contributed by atoms with van der Waals surface area (Å²) in [4.78, 5) is 11.8. The van der Waals surface area contributed by atoms with Gasteiger partial charge in [-0.2, -0.15) is 0 Å². The van der Waals surface area contributed by atoms with Gasteiger partial charge in [-0.15, -0.1) is 0 Å². The lowest BCUT2D eigenvalue weighted by Gasteiger charge is -2.30. The van der Waals surface area contributed by atoms with Gasteiger partial charge in [0.15, 0.2) is 0 Å². The summed E-state index contributed by atoms with van der Waals surface area (Å²) in [6, 6.07) is 17.8. The predicted molar refractivity (Wildman–Crippen MR) is 115 cm³/mol. The van der Waals surface area contributed by atoms with Gasteiger partial charge < -0.3 is 14.2 Å². The van der Waals surface area contributed by atoms with E-state index in [0.717, 1.165) is 22.3 Å². The van der Waals surface area contributed by atoms with Crippen molar-refractivity contribution in [1.82, 2.24) is 0 Å². The zero-order chi connectivity index (χ0) is 22.2. The fourth-order valence-electron chi connectivity index (χ4n) is 3.77. The number of esters is 1. The van der Waals surface area contributed by atoms with Gasteiger partial charge in [0.1, 0.15) is 17.6 Å². The van der Waals surface area contributed by atoms with Crippen molar-refractivity contribution in [2.45, 2.75) is 11.9 Å². The molecule has 0 radical (unpaired) electrons. The van der Waals surface area contributed by atoms with Crippen LogP contribution >= 0.6 is 0 Å². The second kappa shape index (κ2) is 8.05. The smallest absolute Gasteiger partial charge is 0.337 e. The molecule has 0 amide bonds. The molecular formula is C23H21NO6S. The third-order valence-electron chi connectivity index (χ3n) is 5.12. The highest BCUT2D eigenvalue weighted by molar-refractivity contribution is 7.88. The Balaban J connectivity index is 1.86. The molecule has 1 aliphatic heterocycles. The van der Waals surface area contributed by atoms with Gasteiger partial charge in [0.25, 0.3) is 0 Å². The number of primary sulfonamides is 1. The molecule has 0 saturated carbocycles. The molecule has 31 heavy (non-hydrogen) atoms. The summed E-state index contributed by atoms with van der Waals surface area (Å²) in [6.45, 7) is 0. The number of hydrogen-bond acceptors (Lipinski definition) is 6. The third kappa shape index (κ3) is 4.12. The van der Waals surface area contributed by atoms with Crippen LogP contribution in [0, 0.1) is 0 Å². The summed E-state index contributed by atoms with van der Waals surface area (Å²) in [5.41, 5.74) is 4.23. The molecule has 4 rings (SSSR count). The molecule has 0 bridgehead atoms. The summed E-state index contributed by atoms with van der Waals surface area (Å²) in [5.74, 6) is 0.583. The normalized spacial score (nSPS) is 14.7. The molecule has 7 nitrogen and oxygen atoms in total. The highest BCUT2D eigenvalue weighted by Gasteiger charge is 2.30. The van der Waals surface area contributed by atoms with E-state index in [2.05, 4.69) is 0 Å². The van der Waals surface area contributed by atoms with Gasteiger partial charge in [-0.3, -0.25) is 0 Å². The molecule has 0 aliphatic carbocycles. The highest BCUT2D eigenvalue weighted by atomic mass is 32.2. The molecule has 1 heterocycles. The molecular weight excluding hydrogens is 418 g/mol. The van der Waals surface area contributed by atoms with Gasteiger partial charge >= 0.3 is 5.97 Å². The maximum absolute atomic E-state index is 11.8. The summed E-state index contributed by atoms with van der Waals surface area (Å²) >= 11 is 0. The lowest BCUT2D eigenvalue weighted by Crippen LogP contribution is -2.18. The van der Waals surface area contributed by atoms with Gasteiger partial charge in [-0.1, -0.05) is 36.4 Å². The van der Waals surface area contributed by atoms with E-state index >= 15 is 0 Å². The maximum atomic E-state index is 11.8. The van der Waals surface area contributed by atoms with Crippen LogP contribution in [-0.4, -0.2) is 28.6 Å². The number of nitrogens with two attached hydrogens (primary N) is 1. The lowest BCUT2D eigenvalue weighted by molar-refractivity contribution is 0.0600. The molecule has 8 heteroatoms. The molecule has 0 aromatic heterocycles. The van der Waals surface area contributed by atoms with E-state index in [-0.39, 0.29) is 5.75 Å². The number of ether oxygens (including phenoxy) is 3. The predicted octanol–water partition coefficient (Wildman–Crippen LogP) is 3.42. The number of benzene rings is 3. The molecule has 2 N–H and O–H groups in total. The maximum Gasteiger partial charge on any atom is 0.337 e. The molecule has 1 atom stereocenters. The van der Waals surface area contributed by atoms with E-state index in [1.54, 1.807) is 43.5 Å². The Kier molecular flexibility index (Phi) is 5.43. The van der Waals surface area contributed by atoms with Crippen LogP contribution in [-0.2, 0) is 20.5 Å². The van der Waals surface area contributed by atoms with Crippen molar-refractivity contribution in [2.24, 2.45) is 5.14 Å². The Morgan fingerprint density at radius 1 is 1.06 bits per heavy atom. The van der Waals surface area contributed by atoms with Crippen LogP contribution in [0.25, 0.3) is 11.1 Å². The zero-order valence-electron chi connectivity index (χ0n) is 17.0. The van der Waals surface area contributed by atoms with Crippen molar-refractivity contribution in [3.8, 4) is 22.6 Å². The number of carbonyl (C=O) groups excluding carboxylic acids is 1. The second-order valence-corrected chi connectivity index (χ2v) is 8.79. The monoisotopic (exact) mass is 439 g/mol. The second-order valence-electron chi connectivity index (χ2n) is 7.17. The Morgan fingerprint density at radius 3 is 2.45 bits per heavy atom. The molecule has 0 saturated heterocycles. The average Bonchev–Trinajstić information content (AvgIpc) is 2.76. The Bertz CT molecular complexity index is 1250. The number of sulfonamides is 1. The van der Waals surface area contributed by atoms with Crippen LogP contribution in [0.2, 0.25) is 0 Å². The number of rotatable bonds is 5. The van der Waals surface area contributed by atoms with E-state index in [1.165, 1.54) is 7.11 Å². The summed E-state index contributed by atoms with van der Waals surface area (Å²) in [7, 11) is -0.781. The number of fused-ring (bicyclic) bond motifs is 3. The Labute approximate surface area is 180 Å². The van der Waals surface area contributed by atoms with Gasteiger partial charge in [0.2, 0.25) is 10.0 Å². The number of carbonyl (C=O) groups is 1. The van der Waals surface area contributed by atoms with E-state index in [1.807, 2.05) is 24.3 Å². The number of hydrogen-bond donors (Lipinski definition) is 1. The Hall–Kier alpha value is -3.36. The summed E-state index contributed by atoms with van der Waals surface area (Å²) in [5, 5.41) is 5.25. The molecule has 160 valence electrons. The standard InChI is InChI=1S/C23H21NO6S/c1-28-19-4-3-5-20-21(19)17-11-6-14(13-31(24,26)27)12-18(17)22(30-20)15-7-9-16(10-8-15)23(25)29-2/h3-12,22H,13H2,1-2H3,(H2,24,26,27). The molecule has 1 unspecified atom stereocenters. The van der Waals surface area contributed by atoms with Crippen LogP contribution in [0.4, 0.5) is 0 Å². The van der Waals surface area contributed by atoms with Crippen LogP contribution in [0.1, 0.15) is 33.2 Å². The van der Waals surface area contributed by atoms with Crippen molar-refractivity contribution in [1.29, 1.82) is 0 Å². The fourth-order valence-corrected chi connectivity index (χ4v) is 4.42. The van der Waals surface area contributed by atoms with E-state index in [0.29, 0.717) is 22.6 Å². The van der Waals surface area contributed by atoms with E-state index in [4.69, 9.17) is 19.3 Å². The molecule has 0 spiro atoms. The lowest BCUT2D eigenvalue weighted by atomic mass is 9.88. The first-order valence-electron chi connectivity index (χ1n) is 9.46. The first-order chi connectivity index (χ1) is 14.8. The number of methoxy groups -OCH3 is 2. The third-order valence-corrected chi connectivity index (χ3v) is 5.86. The van der Waals surface area contributed by atoms with Crippen molar-refractivity contribution >= 4 is 16.0 Å². The fraction of sp³-hybridized carbons (Fsp3) is 0.174. The highest BCUT2D eigenvalue weighted by Crippen LogP contribution is 2.49. The van der Waals surface area contributed by atoms with Crippen molar-refractivity contribution in [3.05, 3.63) is 82.9 Å². The van der Waals surface area contributed by atoms with Crippen LogP contribution in [0.5, 0.6) is 11.5 Å². The zero-order valence-corrected chi connectivity index (χ0v) is 17.8. The van der Waals surface area contributed by atoms with Gasteiger partial charge in [-0.05, 0) is 41.0 Å². The molecule has 3 aromatic carbocycles. The van der Waals surface area contributed by atoms with Crippen LogP contribution < -0.4 is 14.6 Å². The molecule has 0 fully saturated rings. The minimum atomic E-state index is -3.69.